The van der Waals surface area contributed by atoms with Crippen molar-refractivity contribution in [1.82, 2.24) is 5.43 Å². The van der Waals surface area contributed by atoms with E-state index in [2.05, 4.69) is 21.4 Å². The summed E-state index contributed by atoms with van der Waals surface area (Å²) in [7, 11) is 1.45. The zero-order valence-corrected chi connectivity index (χ0v) is 12.2. The van der Waals surface area contributed by atoms with Crippen molar-refractivity contribution in [3.63, 3.8) is 0 Å². The first-order valence-electron chi connectivity index (χ1n) is 5.82. The molecule has 0 saturated carbocycles. The monoisotopic (exact) mass is 342 g/mol. The van der Waals surface area contributed by atoms with Crippen LogP contribution < -0.4 is 16.0 Å². The largest absolute Gasteiger partial charge is 0.497 e. The van der Waals surface area contributed by atoms with Gasteiger partial charge < -0.3 is 4.74 Å². The van der Waals surface area contributed by atoms with Crippen molar-refractivity contribution in [2.24, 2.45) is 5.84 Å². The maximum atomic E-state index is 14.1. The van der Waals surface area contributed by atoms with Gasteiger partial charge in [-0.25, -0.2) is 14.2 Å². The van der Waals surface area contributed by atoms with Gasteiger partial charge in [0.2, 0.25) is 0 Å². The Bertz CT molecular complexity index is 602. The van der Waals surface area contributed by atoms with Crippen LogP contribution in [-0.2, 0) is 0 Å². The molecule has 0 spiro atoms. The molecule has 0 saturated heterocycles. The van der Waals surface area contributed by atoms with Crippen LogP contribution in [0.15, 0.2) is 40.9 Å². The molecule has 3 nitrogen and oxygen atoms in total. The van der Waals surface area contributed by atoms with E-state index in [1.807, 2.05) is 0 Å². The zero-order valence-electron chi connectivity index (χ0n) is 10.7. The standard InChI is InChI=1S/C14H13BrF2N2O/c1-20-8-5-6-9(12(17)7-8)14(19-18)13-10(15)3-2-4-11(13)16/h2-7,14,19H,18H2,1H3. The summed E-state index contributed by atoms with van der Waals surface area (Å²) in [6.07, 6.45) is 0. The lowest BCUT2D eigenvalue weighted by atomic mass is 9.98. The van der Waals surface area contributed by atoms with E-state index in [-0.39, 0.29) is 11.1 Å². The average molecular weight is 343 g/mol. The first-order valence-corrected chi connectivity index (χ1v) is 6.61. The average Bonchev–Trinajstić information content (AvgIpc) is 2.43. The van der Waals surface area contributed by atoms with Crippen LogP contribution in [-0.4, -0.2) is 7.11 Å². The lowest BCUT2D eigenvalue weighted by Gasteiger charge is -2.20. The Morgan fingerprint density at radius 3 is 2.50 bits per heavy atom. The number of ether oxygens (including phenoxy) is 1. The van der Waals surface area contributed by atoms with Gasteiger partial charge in [-0.3, -0.25) is 5.84 Å². The van der Waals surface area contributed by atoms with Crippen molar-refractivity contribution >= 4 is 15.9 Å². The predicted octanol–water partition coefficient (Wildman–Crippen LogP) is 3.29. The van der Waals surface area contributed by atoms with Gasteiger partial charge >= 0.3 is 0 Å². The molecule has 2 aromatic carbocycles. The summed E-state index contributed by atoms with van der Waals surface area (Å²) in [6.45, 7) is 0. The number of halogens is 3. The number of methoxy groups -OCH3 is 1. The van der Waals surface area contributed by atoms with Crippen molar-refractivity contribution < 1.29 is 13.5 Å². The third-order valence-corrected chi connectivity index (χ3v) is 3.67. The lowest BCUT2D eigenvalue weighted by molar-refractivity contribution is 0.409. The second-order valence-electron chi connectivity index (χ2n) is 4.12. The summed E-state index contributed by atoms with van der Waals surface area (Å²) in [6, 6.07) is 8.05. The molecule has 2 aromatic rings. The van der Waals surface area contributed by atoms with E-state index in [4.69, 9.17) is 10.6 Å². The molecule has 2 rings (SSSR count). The van der Waals surface area contributed by atoms with Crippen molar-refractivity contribution in [2.45, 2.75) is 6.04 Å². The van der Waals surface area contributed by atoms with Crippen LogP contribution >= 0.6 is 15.9 Å². The topological polar surface area (TPSA) is 47.3 Å². The van der Waals surface area contributed by atoms with E-state index in [9.17, 15) is 8.78 Å². The molecule has 0 bridgehead atoms. The van der Waals surface area contributed by atoms with Crippen LogP contribution in [0.3, 0.4) is 0 Å². The van der Waals surface area contributed by atoms with E-state index < -0.39 is 17.7 Å². The number of nitrogens with two attached hydrogens (primary N) is 1. The van der Waals surface area contributed by atoms with Gasteiger partial charge in [-0.2, -0.15) is 0 Å². The summed E-state index contributed by atoms with van der Waals surface area (Å²) < 4.78 is 33.5. The molecule has 1 atom stereocenters. The molecule has 0 aliphatic carbocycles. The van der Waals surface area contributed by atoms with Crippen molar-refractivity contribution in [3.8, 4) is 5.75 Å². The summed E-state index contributed by atoms with van der Waals surface area (Å²) >= 11 is 3.26. The van der Waals surface area contributed by atoms with Crippen LogP contribution in [0, 0.1) is 11.6 Å². The number of rotatable bonds is 4. The predicted molar refractivity (Wildman–Crippen MR) is 76.2 cm³/mol. The fourth-order valence-electron chi connectivity index (χ4n) is 1.98. The first-order chi connectivity index (χ1) is 9.58. The van der Waals surface area contributed by atoms with Crippen LogP contribution in [0.4, 0.5) is 8.78 Å². The van der Waals surface area contributed by atoms with Crippen LogP contribution in [0.25, 0.3) is 0 Å². The quantitative estimate of drug-likeness (QED) is 0.662. The SMILES string of the molecule is COc1ccc(C(NN)c2c(F)cccc2Br)c(F)c1. The summed E-state index contributed by atoms with van der Waals surface area (Å²) in [5.74, 6) is 4.86. The zero-order chi connectivity index (χ0) is 14.7. The molecular weight excluding hydrogens is 330 g/mol. The number of hydrogen-bond donors (Lipinski definition) is 2. The van der Waals surface area contributed by atoms with E-state index in [0.717, 1.165) is 0 Å². The first kappa shape index (κ1) is 14.9. The van der Waals surface area contributed by atoms with Gasteiger partial charge in [0, 0.05) is 21.7 Å². The highest BCUT2D eigenvalue weighted by atomic mass is 79.9. The number of nitrogens with one attached hydrogen (secondary N) is 1. The molecule has 1 unspecified atom stereocenters. The maximum Gasteiger partial charge on any atom is 0.132 e. The minimum atomic E-state index is -0.809. The molecule has 0 radical (unpaired) electrons. The van der Waals surface area contributed by atoms with Crippen LogP contribution in [0.1, 0.15) is 17.2 Å². The van der Waals surface area contributed by atoms with Gasteiger partial charge in [-0.15, -0.1) is 0 Å². The Morgan fingerprint density at radius 1 is 1.20 bits per heavy atom. The molecular formula is C14H13BrF2N2O. The van der Waals surface area contributed by atoms with Crippen LogP contribution in [0.2, 0.25) is 0 Å². The Morgan fingerprint density at radius 2 is 1.95 bits per heavy atom. The van der Waals surface area contributed by atoms with Gasteiger partial charge in [-0.05, 0) is 18.2 Å². The smallest absolute Gasteiger partial charge is 0.132 e. The fraction of sp³-hybridized carbons (Fsp3) is 0.143. The van der Waals surface area contributed by atoms with E-state index in [1.165, 1.54) is 25.3 Å². The van der Waals surface area contributed by atoms with E-state index in [0.29, 0.717) is 10.2 Å². The Kier molecular flexibility index (Phi) is 4.69. The molecule has 0 aliphatic rings. The second-order valence-corrected chi connectivity index (χ2v) is 4.98. The maximum absolute atomic E-state index is 14.1. The summed E-state index contributed by atoms with van der Waals surface area (Å²) in [4.78, 5) is 0. The van der Waals surface area contributed by atoms with Crippen molar-refractivity contribution in [2.75, 3.05) is 7.11 Å². The van der Waals surface area contributed by atoms with E-state index in [1.54, 1.807) is 18.2 Å². The molecule has 0 aromatic heterocycles. The fourth-order valence-corrected chi connectivity index (χ4v) is 2.55. The molecule has 6 heteroatoms. The Labute approximate surface area is 123 Å². The number of benzene rings is 2. The highest BCUT2D eigenvalue weighted by Crippen LogP contribution is 2.32. The minimum absolute atomic E-state index is 0.235. The molecule has 3 N–H and O–H groups in total. The van der Waals surface area contributed by atoms with Gasteiger partial charge in [0.15, 0.2) is 0 Å². The van der Waals surface area contributed by atoms with Gasteiger partial charge in [-0.1, -0.05) is 28.1 Å². The highest BCUT2D eigenvalue weighted by Gasteiger charge is 2.22. The lowest BCUT2D eigenvalue weighted by Crippen LogP contribution is -2.30. The molecule has 0 amide bonds. The number of hydrazine groups is 1. The second kappa shape index (κ2) is 6.30. The highest BCUT2D eigenvalue weighted by molar-refractivity contribution is 9.10. The Balaban J connectivity index is 2.53. The molecule has 0 aliphatic heterocycles. The molecule has 0 fully saturated rings. The van der Waals surface area contributed by atoms with E-state index >= 15 is 0 Å². The van der Waals surface area contributed by atoms with Crippen molar-refractivity contribution in [3.05, 3.63) is 63.6 Å². The van der Waals surface area contributed by atoms with Crippen molar-refractivity contribution in [1.29, 1.82) is 0 Å². The summed E-state index contributed by atoms with van der Waals surface area (Å²) in [5, 5.41) is 0. The summed E-state index contributed by atoms with van der Waals surface area (Å²) in [5.41, 5.74) is 2.93. The minimum Gasteiger partial charge on any atom is -0.497 e. The van der Waals surface area contributed by atoms with Gasteiger partial charge in [0.05, 0.1) is 13.2 Å². The van der Waals surface area contributed by atoms with Gasteiger partial charge in [0.1, 0.15) is 17.4 Å². The number of hydrogen-bond acceptors (Lipinski definition) is 3. The third-order valence-electron chi connectivity index (χ3n) is 2.97. The van der Waals surface area contributed by atoms with Gasteiger partial charge in [0.25, 0.3) is 0 Å². The third kappa shape index (κ3) is 2.82. The normalized spacial score (nSPS) is 12.2. The molecule has 20 heavy (non-hydrogen) atoms. The molecule has 106 valence electrons. The van der Waals surface area contributed by atoms with Crippen LogP contribution in [0.5, 0.6) is 5.75 Å². The Hall–Kier alpha value is -1.50. The molecule has 0 heterocycles.